The van der Waals surface area contributed by atoms with Crippen molar-refractivity contribution in [1.29, 1.82) is 0 Å². The molecular weight excluding hydrogens is 440 g/mol. The van der Waals surface area contributed by atoms with Crippen molar-refractivity contribution in [3.8, 4) is 0 Å². The van der Waals surface area contributed by atoms with Crippen molar-refractivity contribution in [3.05, 3.63) is 23.5 Å². The van der Waals surface area contributed by atoms with E-state index in [1.165, 1.54) is 64.2 Å². The van der Waals surface area contributed by atoms with E-state index in [0.29, 0.717) is 10.8 Å². The van der Waals surface area contributed by atoms with Crippen LogP contribution in [0.5, 0.6) is 0 Å². The minimum absolute atomic E-state index is 0.438. The van der Waals surface area contributed by atoms with Gasteiger partial charge in [0.2, 0.25) is 0 Å². The molecule has 0 radical (unpaired) electrons. The third kappa shape index (κ3) is 4.78. The normalized spacial score (nSPS) is 43.9. The number of hydrogen-bond donors (Lipinski definition) is 2. The molecule has 0 saturated heterocycles. The van der Waals surface area contributed by atoms with E-state index in [4.69, 9.17) is 11.5 Å². The van der Waals surface area contributed by atoms with Gasteiger partial charge < -0.3 is 11.5 Å². The van der Waals surface area contributed by atoms with Crippen LogP contribution in [0.1, 0.15) is 98.8 Å². The van der Waals surface area contributed by atoms with Gasteiger partial charge in [-0.1, -0.05) is 87.1 Å². The third-order valence-electron chi connectivity index (χ3n) is 10.7. The van der Waals surface area contributed by atoms with Crippen molar-refractivity contribution in [2.75, 3.05) is 5.75 Å². The zero-order valence-corrected chi connectivity index (χ0v) is 23.6. The SMILES string of the molecule is CCCCC(C)C1CCC2C3CC=C4CC(SSC/C(N)=C/N)CCC4(C)C3C(C)CC12C. The van der Waals surface area contributed by atoms with Crippen LogP contribution < -0.4 is 11.5 Å². The Hall–Kier alpha value is -0.220. The van der Waals surface area contributed by atoms with Gasteiger partial charge in [0.1, 0.15) is 0 Å². The maximum absolute atomic E-state index is 5.90. The monoisotopic (exact) mass is 490 g/mol. The Labute approximate surface area is 212 Å². The van der Waals surface area contributed by atoms with Crippen LogP contribution in [-0.4, -0.2) is 11.0 Å². The molecule has 0 bridgehead atoms. The second kappa shape index (κ2) is 10.4. The highest BCUT2D eigenvalue weighted by Crippen LogP contribution is 2.69. The molecule has 9 unspecified atom stereocenters. The zero-order chi connectivity index (χ0) is 23.8. The van der Waals surface area contributed by atoms with Crippen LogP contribution in [0.3, 0.4) is 0 Å². The van der Waals surface area contributed by atoms with E-state index in [2.05, 4.69) is 40.7 Å². The van der Waals surface area contributed by atoms with Crippen LogP contribution in [0.25, 0.3) is 0 Å². The first-order valence-electron chi connectivity index (χ1n) is 13.9. The summed E-state index contributed by atoms with van der Waals surface area (Å²) in [6.07, 6.45) is 18.3. The molecule has 4 N–H and O–H groups in total. The molecule has 3 saturated carbocycles. The number of hydrogen-bond acceptors (Lipinski definition) is 4. The largest absolute Gasteiger partial charge is 0.403 e. The predicted molar refractivity (Wildman–Crippen MR) is 149 cm³/mol. The van der Waals surface area contributed by atoms with Gasteiger partial charge in [-0.15, -0.1) is 0 Å². The average Bonchev–Trinajstić information content (AvgIpc) is 3.13. The lowest BCUT2D eigenvalue weighted by Gasteiger charge is -2.61. The van der Waals surface area contributed by atoms with Crippen molar-refractivity contribution in [1.82, 2.24) is 0 Å². The second-order valence-corrected chi connectivity index (χ2v) is 15.3. The molecule has 4 aliphatic rings. The van der Waals surface area contributed by atoms with Crippen molar-refractivity contribution in [2.45, 2.75) is 104 Å². The molecule has 0 heterocycles. The smallest absolute Gasteiger partial charge is 0.0449 e. The van der Waals surface area contributed by atoms with Gasteiger partial charge in [-0.2, -0.15) is 0 Å². The van der Waals surface area contributed by atoms with Crippen LogP contribution in [0.15, 0.2) is 23.5 Å². The highest BCUT2D eigenvalue weighted by atomic mass is 33.1. The third-order valence-corrected chi connectivity index (χ3v) is 13.6. The molecule has 0 aromatic rings. The second-order valence-electron chi connectivity index (χ2n) is 12.6. The number of nitrogens with two attached hydrogens (primary N) is 2. The van der Waals surface area contributed by atoms with Crippen molar-refractivity contribution in [3.63, 3.8) is 0 Å². The summed E-state index contributed by atoms with van der Waals surface area (Å²) in [5, 5.41) is 0.732. The quantitative estimate of drug-likeness (QED) is 0.266. The molecule has 0 aliphatic heterocycles. The summed E-state index contributed by atoms with van der Waals surface area (Å²) in [6.45, 7) is 13.0. The summed E-state index contributed by atoms with van der Waals surface area (Å²) >= 11 is 0. The lowest BCUT2D eigenvalue weighted by Crippen LogP contribution is -2.54. The fourth-order valence-corrected chi connectivity index (χ4v) is 12.0. The minimum atomic E-state index is 0.438. The summed E-state index contributed by atoms with van der Waals surface area (Å²) in [5.41, 5.74) is 15.1. The summed E-state index contributed by atoms with van der Waals surface area (Å²) < 4.78 is 0. The van der Waals surface area contributed by atoms with Crippen molar-refractivity contribution >= 4 is 21.6 Å². The summed E-state index contributed by atoms with van der Waals surface area (Å²) in [4.78, 5) is 0. The Kier molecular flexibility index (Phi) is 8.16. The van der Waals surface area contributed by atoms with E-state index in [0.717, 1.165) is 52.2 Å². The number of allylic oxidation sites excluding steroid dienone is 2. The van der Waals surface area contributed by atoms with Gasteiger partial charge in [0.25, 0.3) is 0 Å². The number of rotatable bonds is 8. The summed E-state index contributed by atoms with van der Waals surface area (Å²) in [7, 11) is 3.94. The van der Waals surface area contributed by atoms with Crippen LogP contribution in [-0.2, 0) is 0 Å². The first kappa shape index (κ1) is 25.9. The fourth-order valence-electron chi connectivity index (χ4n) is 9.37. The number of unbranched alkanes of at least 4 members (excludes halogenated alkanes) is 1. The molecule has 4 aliphatic carbocycles. The maximum atomic E-state index is 5.90. The van der Waals surface area contributed by atoms with Crippen LogP contribution in [0.2, 0.25) is 0 Å². The van der Waals surface area contributed by atoms with E-state index in [-0.39, 0.29) is 0 Å². The van der Waals surface area contributed by atoms with Crippen molar-refractivity contribution < 1.29 is 0 Å². The van der Waals surface area contributed by atoms with Crippen LogP contribution >= 0.6 is 21.6 Å². The van der Waals surface area contributed by atoms with Gasteiger partial charge in [0.05, 0.1) is 0 Å². The Morgan fingerprint density at radius 2 is 2.06 bits per heavy atom. The molecule has 0 aromatic carbocycles. The molecule has 33 heavy (non-hydrogen) atoms. The maximum Gasteiger partial charge on any atom is 0.0449 e. The zero-order valence-electron chi connectivity index (χ0n) is 21.9. The fraction of sp³-hybridized carbons (Fsp3) is 0.862. The van der Waals surface area contributed by atoms with Crippen molar-refractivity contribution in [2.24, 2.45) is 57.8 Å². The standard InChI is InChI=1S/C29H50N2S2/c1-6-7-8-19(2)25-11-12-26-24-10-9-21-15-23(33-32-18-22(31)17-30)13-14-28(21,4)27(24)20(3)16-29(25,26)5/h9,17,19-20,23-27H,6-8,10-16,18,30-31H2,1-5H3/b22-17-. The van der Waals surface area contributed by atoms with Gasteiger partial charge in [-0.3, -0.25) is 0 Å². The Bertz CT molecular complexity index is 748. The molecule has 0 spiro atoms. The Morgan fingerprint density at radius 1 is 1.27 bits per heavy atom. The van der Waals surface area contributed by atoms with Crippen LogP contribution in [0.4, 0.5) is 0 Å². The molecule has 0 amide bonds. The van der Waals surface area contributed by atoms with Gasteiger partial charge in [-0.25, -0.2) is 0 Å². The minimum Gasteiger partial charge on any atom is -0.403 e. The molecule has 9 atom stereocenters. The highest BCUT2D eigenvalue weighted by Gasteiger charge is 2.61. The molecule has 0 aromatic heterocycles. The van der Waals surface area contributed by atoms with Crippen LogP contribution in [0, 0.1) is 46.3 Å². The lowest BCUT2D eigenvalue weighted by molar-refractivity contribution is -0.0832. The molecular formula is C29H50N2S2. The van der Waals surface area contributed by atoms with E-state index < -0.39 is 0 Å². The summed E-state index contributed by atoms with van der Waals surface area (Å²) in [6, 6.07) is 0. The molecule has 4 heteroatoms. The number of fused-ring (bicyclic) bond motifs is 5. The average molecular weight is 491 g/mol. The molecule has 4 rings (SSSR count). The highest BCUT2D eigenvalue weighted by molar-refractivity contribution is 8.77. The molecule has 2 nitrogen and oxygen atoms in total. The van der Waals surface area contributed by atoms with E-state index >= 15 is 0 Å². The summed E-state index contributed by atoms with van der Waals surface area (Å²) in [5.74, 6) is 6.33. The molecule has 188 valence electrons. The lowest BCUT2D eigenvalue weighted by atomic mass is 9.44. The van der Waals surface area contributed by atoms with E-state index in [1.54, 1.807) is 11.8 Å². The van der Waals surface area contributed by atoms with Gasteiger partial charge in [0, 0.05) is 22.9 Å². The Morgan fingerprint density at radius 3 is 2.79 bits per heavy atom. The predicted octanol–water partition coefficient (Wildman–Crippen LogP) is 8.15. The topological polar surface area (TPSA) is 52.0 Å². The molecule has 3 fully saturated rings. The van der Waals surface area contributed by atoms with Gasteiger partial charge in [0.15, 0.2) is 0 Å². The van der Waals surface area contributed by atoms with Gasteiger partial charge in [-0.05, 0) is 91.3 Å². The Balaban J connectivity index is 1.48. The van der Waals surface area contributed by atoms with E-state index in [9.17, 15) is 0 Å². The first-order valence-corrected chi connectivity index (χ1v) is 16.3. The van der Waals surface area contributed by atoms with E-state index in [1.807, 2.05) is 21.6 Å². The first-order chi connectivity index (χ1) is 15.7. The van der Waals surface area contributed by atoms with Gasteiger partial charge >= 0.3 is 0 Å².